The number of anilines is 1. The summed E-state index contributed by atoms with van der Waals surface area (Å²) in [7, 11) is 0. The third-order valence-electron chi connectivity index (χ3n) is 3.53. The van der Waals surface area contributed by atoms with Crippen molar-refractivity contribution in [2.24, 2.45) is 5.10 Å². The second-order valence-corrected chi connectivity index (χ2v) is 5.44. The van der Waals surface area contributed by atoms with E-state index in [4.69, 9.17) is 0 Å². The van der Waals surface area contributed by atoms with Crippen molar-refractivity contribution in [1.29, 1.82) is 0 Å². The van der Waals surface area contributed by atoms with Crippen LogP contribution in [0.15, 0.2) is 65.8 Å². The van der Waals surface area contributed by atoms with E-state index in [9.17, 15) is 5.11 Å². The Morgan fingerprint density at radius 1 is 1.00 bits per heavy atom. The highest BCUT2D eigenvalue weighted by atomic mass is 16.3. The molecule has 1 aromatic heterocycles. The summed E-state index contributed by atoms with van der Waals surface area (Å²) in [5.74, 6) is 0.681. The van der Waals surface area contributed by atoms with Gasteiger partial charge in [-0.2, -0.15) is 5.10 Å². The molecule has 120 valence electrons. The van der Waals surface area contributed by atoms with E-state index in [1.807, 2.05) is 62.4 Å². The number of phenols is 1. The molecule has 24 heavy (non-hydrogen) atoms. The molecule has 0 atom stereocenters. The van der Waals surface area contributed by atoms with Crippen LogP contribution in [0, 0.1) is 6.92 Å². The Bertz CT molecular complexity index is 858. The predicted octanol–water partition coefficient (Wildman–Crippen LogP) is 3.99. The molecule has 5 nitrogen and oxygen atoms in total. The van der Waals surface area contributed by atoms with Crippen molar-refractivity contribution in [3.63, 3.8) is 0 Å². The van der Waals surface area contributed by atoms with Crippen LogP contribution in [0.3, 0.4) is 0 Å². The Morgan fingerprint density at radius 3 is 2.42 bits per heavy atom. The number of aromatic nitrogens is 2. The zero-order valence-electron chi connectivity index (χ0n) is 13.6. The van der Waals surface area contributed by atoms with Crippen LogP contribution >= 0.6 is 0 Å². The van der Waals surface area contributed by atoms with Gasteiger partial charge in [-0.05, 0) is 49.7 Å². The van der Waals surface area contributed by atoms with Crippen LogP contribution in [-0.4, -0.2) is 20.8 Å². The summed E-state index contributed by atoms with van der Waals surface area (Å²) in [6.07, 6.45) is 0. The minimum atomic E-state index is 0.231. The van der Waals surface area contributed by atoms with Crippen molar-refractivity contribution in [1.82, 2.24) is 9.97 Å². The van der Waals surface area contributed by atoms with E-state index >= 15 is 0 Å². The zero-order chi connectivity index (χ0) is 16.9. The number of hydrogen-bond acceptors (Lipinski definition) is 5. The molecule has 0 fully saturated rings. The molecule has 0 spiro atoms. The lowest BCUT2D eigenvalue weighted by Gasteiger charge is -2.07. The van der Waals surface area contributed by atoms with Crippen LogP contribution < -0.4 is 5.43 Å². The van der Waals surface area contributed by atoms with Crippen molar-refractivity contribution < 1.29 is 5.11 Å². The highest BCUT2D eigenvalue weighted by Crippen LogP contribution is 2.19. The molecule has 2 N–H and O–H groups in total. The maximum Gasteiger partial charge on any atom is 0.244 e. The average Bonchev–Trinajstić information content (AvgIpc) is 2.60. The van der Waals surface area contributed by atoms with Crippen molar-refractivity contribution in [2.45, 2.75) is 13.8 Å². The van der Waals surface area contributed by atoms with E-state index in [-0.39, 0.29) is 5.75 Å². The Hall–Kier alpha value is -3.21. The number of rotatable bonds is 4. The predicted molar refractivity (Wildman–Crippen MR) is 96.1 cm³/mol. The number of aryl methyl sites for hydroxylation is 1. The monoisotopic (exact) mass is 318 g/mol. The minimum absolute atomic E-state index is 0.231. The van der Waals surface area contributed by atoms with Gasteiger partial charge in [-0.1, -0.05) is 30.3 Å². The van der Waals surface area contributed by atoms with Gasteiger partial charge in [0, 0.05) is 11.3 Å². The van der Waals surface area contributed by atoms with Gasteiger partial charge < -0.3 is 5.11 Å². The van der Waals surface area contributed by atoms with Crippen LogP contribution in [0.5, 0.6) is 5.75 Å². The van der Waals surface area contributed by atoms with Gasteiger partial charge in [-0.25, -0.2) is 15.4 Å². The number of aromatic hydroxyl groups is 1. The first-order chi connectivity index (χ1) is 11.6. The molecule has 0 aliphatic carbocycles. The van der Waals surface area contributed by atoms with Crippen molar-refractivity contribution in [3.8, 4) is 17.0 Å². The maximum atomic E-state index is 9.34. The number of hydrogen-bond donors (Lipinski definition) is 2. The number of hydrazone groups is 1. The molecular formula is C19H18N4O. The van der Waals surface area contributed by atoms with Gasteiger partial charge in [0.2, 0.25) is 5.95 Å². The van der Waals surface area contributed by atoms with Gasteiger partial charge in [0.05, 0.1) is 11.4 Å². The van der Waals surface area contributed by atoms with Crippen LogP contribution in [-0.2, 0) is 0 Å². The summed E-state index contributed by atoms with van der Waals surface area (Å²) in [4.78, 5) is 8.88. The molecule has 0 radical (unpaired) electrons. The first-order valence-electron chi connectivity index (χ1n) is 7.62. The highest BCUT2D eigenvalue weighted by Gasteiger charge is 2.04. The van der Waals surface area contributed by atoms with Crippen LogP contribution in [0.1, 0.15) is 18.2 Å². The minimum Gasteiger partial charge on any atom is -0.508 e. The SMILES string of the molecule is C/C(=N\Nc1nc(C)cc(-c2ccccc2)n1)c1ccc(O)cc1. The number of phenolic OH excluding ortho intramolecular Hbond substituents is 1. The molecule has 0 aliphatic heterocycles. The maximum absolute atomic E-state index is 9.34. The van der Waals surface area contributed by atoms with E-state index in [2.05, 4.69) is 20.5 Å². The van der Waals surface area contributed by atoms with Crippen molar-refractivity contribution in [3.05, 3.63) is 71.9 Å². The lowest BCUT2D eigenvalue weighted by Crippen LogP contribution is -2.03. The quantitative estimate of drug-likeness (QED) is 0.563. The molecule has 0 saturated carbocycles. The molecule has 1 heterocycles. The third kappa shape index (κ3) is 3.76. The summed E-state index contributed by atoms with van der Waals surface area (Å²) >= 11 is 0. The van der Waals surface area contributed by atoms with Gasteiger partial charge >= 0.3 is 0 Å². The largest absolute Gasteiger partial charge is 0.508 e. The molecule has 3 rings (SSSR count). The summed E-state index contributed by atoms with van der Waals surface area (Å²) in [5, 5.41) is 13.7. The standard InChI is InChI=1S/C19H18N4O/c1-13-12-18(16-6-4-3-5-7-16)21-19(20-13)23-22-14(2)15-8-10-17(24)11-9-15/h3-12,24H,1-2H3,(H,20,21,23)/b22-14+. The second-order valence-electron chi connectivity index (χ2n) is 5.44. The fourth-order valence-electron chi connectivity index (χ4n) is 2.28. The second kappa shape index (κ2) is 6.91. The van der Waals surface area contributed by atoms with Gasteiger partial charge in [0.15, 0.2) is 0 Å². The topological polar surface area (TPSA) is 70.4 Å². The van der Waals surface area contributed by atoms with Gasteiger partial charge in [-0.3, -0.25) is 0 Å². The van der Waals surface area contributed by atoms with E-state index in [1.54, 1.807) is 12.1 Å². The Labute approximate surface area is 140 Å². The normalized spacial score (nSPS) is 11.3. The zero-order valence-corrected chi connectivity index (χ0v) is 13.6. The van der Waals surface area contributed by atoms with Crippen LogP contribution in [0.4, 0.5) is 5.95 Å². The highest BCUT2D eigenvalue weighted by molar-refractivity contribution is 5.99. The van der Waals surface area contributed by atoms with Gasteiger partial charge in [0.1, 0.15) is 5.75 Å². The molecule has 0 unspecified atom stereocenters. The Kier molecular flexibility index (Phi) is 4.52. The van der Waals surface area contributed by atoms with E-state index < -0.39 is 0 Å². The number of nitrogens with one attached hydrogen (secondary N) is 1. The van der Waals surface area contributed by atoms with Crippen molar-refractivity contribution in [2.75, 3.05) is 5.43 Å². The molecule has 0 aliphatic rings. The van der Waals surface area contributed by atoms with E-state index in [1.165, 1.54) is 0 Å². The average molecular weight is 318 g/mol. The van der Waals surface area contributed by atoms with E-state index in [0.29, 0.717) is 5.95 Å². The van der Waals surface area contributed by atoms with Crippen LogP contribution in [0.25, 0.3) is 11.3 Å². The molecule has 0 amide bonds. The summed E-state index contributed by atoms with van der Waals surface area (Å²) < 4.78 is 0. The van der Waals surface area contributed by atoms with E-state index in [0.717, 1.165) is 28.2 Å². The number of nitrogens with zero attached hydrogens (tertiary/aromatic N) is 3. The van der Waals surface area contributed by atoms with Gasteiger partial charge in [-0.15, -0.1) is 0 Å². The summed E-state index contributed by atoms with van der Waals surface area (Å²) in [6, 6.07) is 18.8. The van der Waals surface area contributed by atoms with Crippen LogP contribution in [0.2, 0.25) is 0 Å². The molecule has 5 heteroatoms. The fraction of sp³-hybridized carbons (Fsp3) is 0.105. The lowest BCUT2D eigenvalue weighted by atomic mass is 10.1. The molecular weight excluding hydrogens is 300 g/mol. The number of benzene rings is 2. The summed E-state index contributed by atoms with van der Waals surface area (Å²) in [6.45, 7) is 3.81. The third-order valence-corrected chi connectivity index (χ3v) is 3.53. The molecule has 0 bridgehead atoms. The Morgan fingerprint density at radius 2 is 1.71 bits per heavy atom. The smallest absolute Gasteiger partial charge is 0.244 e. The fourth-order valence-corrected chi connectivity index (χ4v) is 2.28. The first kappa shape index (κ1) is 15.7. The summed E-state index contributed by atoms with van der Waals surface area (Å²) in [5.41, 5.74) is 7.35. The Balaban J connectivity index is 1.84. The van der Waals surface area contributed by atoms with Gasteiger partial charge in [0.25, 0.3) is 0 Å². The first-order valence-corrected chi connectivity index (χ1v) is 7.62. The molecule has 3 aromatic rings. The molecule has 2 aromatic carbocycles. The molecule has 0 saturated heterocycles. The van der Waals surface area contributed by atoms with Crippen molar-refractivity contribution >= 4 is 11.7 Å². The lowest BCUT2D eigenvalue weighted by molar-refractivity contribution is 0.475.